The summed E-state index contributed by atoms with van der Waals surface area (Å²) in [6, 6.07) is 3.85. The van der Waals surface area contributed by atoms with Gasteiger partial charge in [0, 0.05) is 25.6 Å². The predicted molar refractivity (Wildman–Crippen MR) is 95.1 cm³/mol. The molecule has 0 unspecified atom stereocenters. The average molecular weight is 346 g/mol. The highest BCUT2D eigenvalue weighted by molar-refractivity contribution is 5.76. The zero-order valence-corrected chi connectivity index (χ0v) is 15.8. The zero-order chi connectivity index (χ0) is 18.6. The maximum atomic E-state index is 12.5. The van der Waals surface area contributed by atoms with Gasteiger partial charge in [-0.15, -0.1) is 0 Å². The Hall–Kier alpha value is -2.50. The molecule has 0 spiro atoms. The summed E-state index contributed by atoms with van der Waals surface area (Å²) in [5.74, 6) is 2.22. The lowest BCUT2D eigenvalue weighted by Crippen LogP contribution is -2.26. The fraction of sp³-hybridized carbons (Fsp3) is 0.474. The van der Waals surface area contributed by atoms with Crippen LogP contribution in [0.4, 0.5) is 0 Å². The first-order valence-corrected chi connectivity index (χ1v) is 8.24. The first-order valence-electron chi connectivity index (χ1n) is 8.24. The average Bonchev–Trinajstić information content (AvgIpc) is 2.92. The van der Waals surface area contributed by atoms with Gasteiger partial charge in [0.25, 0.3) is 0 Å². The number of carbonyl (C=O) groups excluding carboxylic acids is 1. The lowest BCUT2D eigenvalue weighted by atomic mass is 10.1. The summed E-state index contributed by atoms with van der Waals surface area (Å²) in [5.41, 5.74) is 3.96. The Labute approximate surface area is 148 Å². The minimum atomic E-state index is 0.0779. The molecule has 0 atom stereocenters. The molecule has 2 aromatic rings. The van der Waals surface area contributed by atoms with E-state index in [2.05, 4.69) is 5.16 Å². The summed E-state index contributed by atoms with van der Waals surface area (Å²) in [4.78, 5) is 14.2. The highest BCUT2D eigenvalue weighted by atomic mass is 16.5. The maximum absolute atomic E-state index is 12.5. The molecule has 1 amide bonds. The number of rotatable bonds is 7. The van der Waals surface area contributed by atoms with E-state index in [9.17, 15) is 4.79 Å². The van der Waals surface area contributed by atoms with Crippen LogP contribution in [0.2, 0.25) is 0 Å². The second-order valence-electron chi connectivity index (χ2n) is 6.19. The molecule has 0 saturated carbocycles. The number of ether oxygens (including phenoxy) is 2. The molecule has 0 saturated heterocycles. The van der Waals surface area contributed by atoms with Crippen LogP contribution in [-0.4, -0.2) is 37.2 Å². The molecule has 0 fully saturated rings. The van der Waals surface area contributed by atoms with Crippen molar-refractivity contribution in [3.8, 4) is 11.5 Å². The van der Waals surface area contributed by atoms with Gasteiger partial charge in [0.2, 0.25) is 5.91 Å². The molecule has 2 rings (SSSR count). The maximum Gasteiger partial charge on any atom is 0.222 e. The van der Waals surface area contributed by atoms with Gasteiger partial charge in [-0.3, -0.25) is 4.79 Å². The zero-order valence-electron chi connectivity index (χ0n) is 15.8. The highest BCUT2D eigenvalue weighted by Gasteiger charge is 2.16. The number of methoxy groups -OCH3 is 2. The van der Waals surface area contributed by atoms with Gasteiger partial charge in [-0.1, -0.05) is 5.16 Å². The van der Waals surface area contributed by atoms with E-state index in [1.165, 1.54) is 0 Å². The Kier molecular flexibility index (Phi) is 6.07. The first kappa shape index (κ1) is 18.8. The van der Waals surface area contributed by atoms with E-state index in [1.807, 2.05) is 40.0 Å². The third-order valence-corrected chi connectivity index (χ3v) is 4.45. The molecule has 136 valence electrons. The molecular weight excluding hydrogens is 320 g/mol. The van der Waals surface area contributed by atoms with Gasteiger partial charge in [-0.05, 0) is 50.5 Å². The molecule has 25 heavy (non-hydrogen) atoms. The van der Waals surface area contributed by atoms with Crippen molar-refractivity contribution >= 4 is 5.91 Å². The van der Waals surface area contributed by atoms with Crippen molar-refractivity contribution in [2.24, 2.45) is 0 Å². The van der Waals surface area contributed by atoms with Crippen molar-refractivity contribution in [2.75, 3.05) is 21.3 Å². The minimum Gasteiger partial charge on any atom is -0.493 e. The van der Waals surface area contributed by atoms with Crippen molar-refractivity contribution < 1.29 is 18.8 Å². The molecule has 0 radical (unpaired) electrons. The Bertz CT molecular complexity index is 733. The van der Waals surface area contributed by atoms with Gasteiger partial charge < -0.3 is 18.9 Å². The summed E-state index contributed by atoms with van der Waals surface area (Å²) in [6.07, 6.45) is 1.06. The van der Waals surface area contributed by atoms with Gasteiger partial charge in [-0.25, -0.2) is 0 Å². The van der Waals surface area contributed by atoms with Crippen LogP contribution in [0.15, 0.2) is 16.7 Å². The van der Waals surface area contributed by atoms with Crippen molar-refractivity contribution in [1.82, 2.24) is 10.1 Å². The molecule has 0 aliphatic carbocycles. The number of aromatic nitrogens is 1. The quantitative estimate of drug-likeness (QED) is 0.770. The Morgan fingerprint density at radius 1 is 1.16 bits per heavy atom. The number of hydrogen-bond acceptors (Lipinski definition) is 5. The van der Waals surface area contributed by atoms with E-state index in [0.717, 1.165) is 28.1 Å². The Balaban J connectivity index is 2.03. The summed E-state index contributed by atoms with van der Waals surface area (Å²) in [6.45, 7) is 6.29. The highest BCUT2D eigenvalue weighted by Crippen LogP contribution is 2.30. The molecule has 0 aliphatic rings. The van der Waals surface area contributed by atoms with E-state index in [0.29, 0.717) is 30.9 Å². The number of benzene rings is 1. The van der Waals surface area contributed by atoms with Crippen LogP contribution in [0.25, 0.3) is 0 Å². The molecule has 0 bridgehead atoms. The molecule has 0 N–H and O–H groups in total. The van der Waals surface area contributed by atoms with Crippen LogP contribution in [0.5, 0.6) is 11.5 Å². The topological polar surface area (TPSA) is 64.8 Å². The van der Waals surface area contributed by atoms with Gasteiger partial charge in [-0.2, -0.15) is 0 Å². The van der Waals surface area contributed by atoms with Crippen LogP contribution in [0.3, 0.4) is 0 Å². The number of carbonyl (C=O) groups is 1. The van der Waals surface area contributed by atoms with Crippen molar-refractivity contribution in [1.29, 1.82) is 0 Å². The second-order valence-corrected chi connectivity index (χ2v) is 6.19. The van der Waals surface area contributed by atoms with Gasteiger partial charge >= 0.3 is 0 Å². The third-order valence-electron chi connectivity index (χ3n) is 4.45. The predicted octanol–water partition coefficient (Wildman–Crippen LogP) is 3.21. The number of amides is 1. The molecule has 0 aliphatic heterocycles. The molecule has 1 aromatic carbocycles. The molecule has 6 nitrogen and oxygen atoms in total. The van der Waals surface area contributed by atoms with E-state index in [-0.39, 0.29) is 5.91 Å². The summed E-state index contributed by atoms with van der Waals surface area (Å²) < 4.78 is 15.8. The van der Waals surface area contributed by atoms with Crippen LogP contribution < -0.4 is 9.47 Å². The number of aryl methyl sites for hydroxylation is 3. The fourth-order valence-electron chi connectivity index (χ4n) is 2.82. The van der Waals surface area contributed by atoms with E-state index >= 15 is 0 Å². The monoisotopic (exact) mass is 346 g/mol. The number of hydrogen-bond donors (Lipinski definition) is 0. The smallest absolute Gasteiger partial charge is 0.222 e. The Morgan fingerprint density at radius 2 is 1.80 bits per heavy atom. The largest absolute Gasteiger partial charge is 0.493 e. The normalized spacial score (nSPS) is 10.6. The van der Waals surface area contributed by atoms with Crippen molar-refractivity contribution in [3.05, 3.63) is 40.3 Å². The standard InChI is InChI=1S/C19H26N2O4/c1-12-9-17(23-5)18(24-6)10-15(12)11-21(4)19(22)8-7-16-13(2)20-25-14(16)3/h9-10H,7-8,11H2,1-6H3. The molecular formula is C19H26N2O4. The van der Waals surface area contributed by atoms with Crippen molar-refractivity contribution in [3.63, 3.8) is 0 Å². The fourth-order valence-corrected chi connectivity index (χ4v) is 2.82. The van der Waals surface area contributed by atoms with E-state index in [4.69, 9.17) is 14.0 Å². The Morgan fingerprint density at radius 3 is 2.36 bits per heavy atom. The number of nitrogens with zero attached hydrogens (tertiary/aromatic N) is 2. The van der Waals surface area contributed by atoms with Crippen LogP contribution in [0.1, 0.15) is 34.6 Å². The van der Waals surface area contributed by atoms with Gasteiger partial charge in [0.1, 0.15) is 5.76 Å². The first-order chi connectivity index (χ1) is 11.9. The summed E-state index contributed by atoms with van der Waals surface area (Å²) in [7, 11) is 5.03. The van der Waals surface area contributed by atoms with Gasteiger partial charge in [0.05, 0.1) is 19.9 Å². The lowest BCUT2D eigenvalue weighted by Gasteiger charge is -2.20. The van der Waals surface area contributed by atoms with Gasteiger partial charge in [0.15, 0.2) is 11.5 Å². The molecule has 6 heteroatoms. The van der Waals surface area contributed by atoms with Crippen LogP contribution in [0, 0.1) is 20.8 Å². The third kappa shape index (κ3) is 4.32. The summed E-state index contributed by atoms with van der Waals surface area (Å²) in [5, 5.41) is 3.93. The van der Waals surface area contributed by atoms with Crippen LogP contribution >= 0.6 is 0 Å². The van der Waals surface area contributed by atoms with Crippen LogP contribution in [-0.2, 0) is 17.8 Å². The SMILES string of the molecule is COc1cc(C)c(CN(C)C(=O)CCc2c(C)noc2C)cc1OC. The molecule has 1 heterocycles. The molecule has 1 aromatic heterocycles. The summed E-state index contributed by atoms with van der Waals surface area (Å²) >= 11 is 0. The van der Waals surface area contributed by atoms with Crippen molar-refractivity contribution in [2.45, 2.75) is 40.2 Å². The second kappa shape index (κ2) is 8.05. The lowest BCUT2D eigenvalue weighted by molar-refractivity contribution is -0.130. The van der Waals surface area contributed by atoms with E-state index in [1.54, 1.807) is 19.1 Å². The minimum absolute atomic E-state index is 0.0779. The van der Waals surface area contributed by atoms with E-state index < -0.39 is 0 Å².